The zero-order valence-electron chi connectivity index (χ0n) is 9.81. The highest BCUT2D eigenvalue weighted by molar-refractivity contribution is 5.83. The van der Waals surface area contributed by atoms with Crippen LogP contribution in [0.15, 0.2) is 54.6 Å². The number of ether oxygens (including phenoxy) is 1. The van der Waals surface area contributed by atoms with Crippen LogP contribution in [-0.4, -0.2) is 6.61 Å². The first kappa shape index (κ1) is 10.2. The lowest BCUT2D eigenvalue weighted by Gasteiger charge is -2.19. The van der Waals surface area contributed by atoms with Gasteiger partial charge >= 0.3 is 0 Å². The van der Waals surface area contributed by atoms with Crippen molar-refractivity contribution in [3.05, 3.63) is 71.3 Å². The molecule has 1 aliphatic heterocycles. The highest BCUT2D eigenvalue weighted by Crippen LogP contribution is 2.33. The molecule has 0 atom stereocenters. The van der Waals surface area contributed by atoms with E-state index in [1.165, 1.54) is 22.3 Å². The van der Waals surface area contributed by atoms with Crippen molar-refractivity contribution < 1.29 is 4.74 Å². The van der Waals surface area contributed by atoms with Gasteiger partial charge in [0.15, 0.2) is 0 Å². The zero-order valence-corrected chi connectivity index (χ0v) is 9.81. The van der Waals surface area contributed by atoms with E-state index in [1.807, 2.05) is 12.1 Å². The Morgan fingerprint density at radius 3 is 2.76 bits per heavy atom. The molecule has 1 heterocycles. The summed E-state index contributed by atoms with van der Waals surface area (Å²) in [7, 11) is 0. The smallest absolute Gasteiger partial charge is 0.127 e. The Balaban J connectivity index is 2.13. The molecule has 0 bridgehead atoms. The second kappa shape index (κ2) is 4.10. The first-order valence-corrected chi connectivity index (χ1v) is 5.84. The quantitative estimate of drug-likeness (QED) is 0.712. The molecule has 0 aliphatic carbocycles. The summed E-state index contributed by atoms with van der Waals surface area (Å²) in [6.45, 7) is 2.77. The van der Waals surface area contributed by atoms with Gasteiger partial charge in [0, 0.05) is 5.56 Å². The maximum Gasteiger partial charge on any atom is 0.127 e. The molecule has 0 unspecified atom stereocenters. The van der Waals surface area contributed by atoms with Crippen molar-refractivity contribution >= 4 is 5.57 Å². The largest absolute Gasteiger partial charge is 0.489 e. The van der Waals surface area contributed by atoms with Crippen molar-refractivity contribution in [2.24, 2.45) is 0 Å². The van der Waals surface area contributed by atoms with Crippen LogP contribution in [0.2, 0.25) is 0 Å². The monoisotopic (exact) mass is 222 g/mol. The summed E-state index contributed by atoms with van der Waals surface area (Å²) in [5.74, 6) is 0.978. The average molecular weight is 222 g/mol. The third-order valence-electron chi connectivity index (χ3n) is 3.03. The molecule has 0 radical (unpaired) electrons. The number of hydrogen-bond acceptors (Lipinski definition) is 1. The van der Waals surface area contributed by atoms with Gasteiger partial charge in [0.1, 0.15) is 12.4 Å². The molecule has 84 valence electrons. The number of aryl methyl sites for hydroxylation is 1. The first-order valence-electron chi connectivity index (χ1n) is 5.84. The van der Waals surface area contributed by atoms with Gasteiger partial charge in [0.25, 0.3) is 0 Å². The van der Waals surface area contributed by atoms with Crippen molar-refractivity contribution in [2.75, 3.05) is 6.61 Å². The lowest BCUT2D eigenvalue weighted by atomic mass is 9.94. The van der Waals surface area contributed by atoms with Gasteiger partial charge in [-0.1, -0.05) is 48.0 Å². The van der Waals surface area contributed by atoms with Crippen LogP contribution in [0.5, 0.6) is 5.75 Å². The topological polar surface area (TPSA) is 9.23 Å². The highest BCUT2D eigenvalue weighted by atomic mass is 16.5. The fraction of sp³-hybridized carbons (Fsp3) is 0.125. The summed E-state index contributed by atoms with van der Waals surface area (Å²) >= 11 is 0. The molecular formula is C16H14O. The van der Waals surface area contributed by atoms with E-state index < -0.39 is 0 Å². The maximum absolute atomic E-state index is 5.63. The second-order valence-electron chi connectivity index (χ2n) is 4.29. The van der Waals surface area contributed by atoms with Gasteiger partial charge in [-0.3, -0.25) is 0 Å². The molecule has 3 rings (SSSR count). The van der Waals surface area contributed by atoms with Crippen LogP contribution in [0.3, 0.4) is 0 Å². The third-order valence-corrected chi connectivity index (χ3v) is 3.03. The molecule has 1 aliphatic rings. The van der Waals surface area contributed by atoms with E-state index in [0.717, 1.165) is 5.75 Å². The van der Waals surface area contributed by atoms with E-state index in [4.69, 9.17) is 4.74 Å². The van der Waals surface area contributed by atoms with Crippen molar-refractivity contribution in [3.63, 3.8) is 0 Å². The zero-order chi connectivity index (χ0) is 11.7. The summed E-state index contributed by atoms with van der Waals surface area (Å²) in [5.41, 5.74) is 5.01. The van der Waals surface area contributed by atoms with Crippen LogP contribution in [0.1, 0.15) is 16.7 Å². The van der Waals surface area contributed by atoms with Crippen LogP contribution in [0.4, 0.5) is 0 Å². The number of rotatable bonds is 1. The van der Waals surface area contributed by atoms with E-state index in [1.54, 1.807) is 0 Å². The normalized spacial score (nSPS) is 13.6. The summed E-state index contributed by atoms with van der Waals surface area (Å²) in [6.07, 6.45) is 2.15. The molecule has 17 heavy (non-hydrogen) atoms. The van der Waals surface area contributed by atoms with Crippen LogP contribution in [0.25, 0.3) is 5.57 Å². The van der Waals surface area contributed by atoms with E-state index in [2.05, 4.69) is 49.4 Å². The van der Waals surface area contributed by atoms with E-state index >= 15 is 0 Å². The maximum atomic E-state index is 5.63. The van der Waals surface area contributed by atoms with Gasteiger partial charge in [-0.05, 0) is 30.2 Å². The molecule has 0 amide bonds. The minimum Gasteiger partial charge on any atom is -0.489 e. The molecule has 1 heteroatoms. The van der Waals surface area contributed by atoms with Crippen LogP contribution in [-0.2, 0) is 0 Å². The SMILES string of the molecule is Cc1cccc(C2=CCOc3ccccc32)c1. The lowest BCUT2D eigenvalue weighted by Crippen LogP contribution is -2.05. The average Bonchev–Trinajstić information content (AvgIpc) is 2.38. The Hall–Kier alpha value is -2.02. The number of hydrogen-bond donors (Lipinski definition) is 0. The van der Waals surface area contributed by atoms with Crippen LogP contribution in [0, 0.1) is 6.92 Å². The summed E-state index contributed by atoms with van der Waals surface area (Å²) in [5, 5.41) is 0. The summed E-state index contributed by atoms with van der Waals surface area (Å²) in [4.78, 5) is 0. The standard InChI is InChI=1S/C16H14O/c1-12-5-4-6-13(11-12)14-9-10-17-16-8-3-2-7-15(14)16/h2-9,11H,10H2,1H3. The fourth-order valence-corrected chi connectivity index (χ4v) is 2.23. The molecule has 0 aromatic heterocycles. The Morgan fingerprint density at radius 1 is 1.00 bits per heavy atom. The fourth-order valence-electron chi connectivity index (χ4n) is 2.23. The Labute approximate surface area is 101 Å². The molecule has 0 saturated heterocycles. The molecule has 2 aromatic carbocycles. The van der Waals surface area contributed by atoms with Crippen LogP contribution >= 0.6 is 0 Å². The van der Waals surface area contributed by atoms with Gasteiger partial charge in [0.2, 0.25) is 0 Å². The van der Waals surface area contributed by atoms with Gasteiger partial charge in [0.05, 0.1) is 0 Å². The van der Waals surface area contributed by atoms with E-state index in [9.17, 15) is 0 Å². The first-order chi connectivity index (χ1) is 8.34. The van der Waals surface area contributed by atoms with Crippen molar-refractivity contribution in [1.29, 1.82) is 0 Å². The molecule has 0 N–H and O–H groups in total. The Morgan fingerprint density at radius 2 is 1.88 bits per heavy atom. The van der Waals surface area contributed by atoms with Crippen molar-refractivity contribution in [1.82, 2.24) is 0 Å². The molecular weight excluding hydrogens is 208 g/mol. The number of benzene rings is 2. The molecule has 0 saturated carbocycles. The predicted octanol–water partition coefficient (Wildman–Crippen LogP) is 3.82. The summed E-state index contributed by atoms with van der Waals surface area (Å²) < 4.78 is 5.63. The van der Waals surface area contributed by atoms with Gasteiger partial charge in [-0.25, -0.2) is 0 Å². The van der Waals surface area contributed by atoms with E-state index in [-0.39, 0.29) is 0 Å². The Kier molecular flexibility index (Phi) is 2.45. The number of fused-ring (bicyclic) bond motifs is 1. The van der Waals surface area contributed by atoms with Crippen molar-refractivity contribution in [2.45, 2.75) is 6.92 Å². The van der Waals surface area contributed by atoms with Crippen molar-refractivity contribution in [3.8, 4) is 5.75 Å². The highest BCUT2D eigenvalue weighted by Gasteiger charge is 2.14. The third kappa shape index (κ3) is 1.84. The summed E-state index contributed by atoms with van der Waals surface area (Å²) in [6, 6.07) is 16.8. The minimum absolute atomic E-state index is 0.653. The molecule has 2 aromatic rings. The van der Waals surface area contributed by atoms with Crippen LogP contribution < -0.4 is 4.74 Å². The van der Waals surface area contributed by atoms with Gasteiger partial charge in [-0.2, -0.15) is 0 Å². The minimum atomic E-state index is 0.653. The lowest BCUT2D eigenvalue weighted by molar-refractivity contribution is 0.357. The molecule has 0 fully saturated rings. The number of para-hydroxylation sites is 1. The molecule has 1 nitrogen and oxygen atoms in total. The van der Waals surface area contributed by atoms with Gasteiger partial charge < -0.3 is 4.74 Å². The molecule has 0 spiro atoms. The Bertz CT molecular complexity index is 582. The second-order valence-corrected chi connectivity index (χ2v) is 4.29. The van der Waals surface area contributed by atoms with Gasteiger partial charge in [-0.15, -0.1) is 0 Å². The van der Waals surface area contributed by atoms with E-state index in [0.29, 0.717) is 6.61 Å². The predicted molar refractivity (Wildman–Crippen MR) is 70.2 cm³/mol.